The Balaban J connectivity index is 1.25. The zero-order chi connectivity index (χ0) is 25.8. The summed E-state index contributed by atoms with van der Waals surface area (Å²) in [6.45, 7) is 4.81. The van der Waals surface area contributed by atoms with Gasteiger partial charge in [0.1, 0.15) is 0 Å². The lowest BCUT2D eigenvalue weighted by Gasteiger charge is -2.58. The highest BCUT2D eigenvalue weighted by Crippen LogP contribution is 2.66. The third-order valence-corrected chi connectivity index (χ3v) is 10.9. The van der Waals surface area contributed by atoms with Crippen molar-refractivity contribution in [3.63, 3.8) is 0 Å². The first-order valence-electron chi connectivity index (χ1n) is 14.2. The van der Waals surface area contributed by atoms with Gasteiger partial charge in [0.05, 0.1) is 6.04 Å². The maximum atomic E-state index is 14.0. The van der Waals surface area contributed by atoms with Gasteiger partial charge in [0.15, 0.2) is 0 Å². The summed E-state index contributed by atoms with van der Waals surface area (Å²) in [5.74, 6) is 2.28. The summed E-state index contributed by atoms with van der Waals surface area (Å²) in [6, 6.07) is 20.6. The molecule has 1 N–H and O–H groups in total. The fourth-order valence-corrected chi connectivity index (χ4v) is 8.90. The number of hydrogen-bond donors (Lipinski definition) is 1. The minimum Gasteiger partial charge on any atom is -0.345 e. The van der Waals surface area contributed by atoms with Crippen molar-refractivity contribution in [2.75, 3.05) is 7.05 Å². The number of allylic oxidation sites excluding steroid dienone is 2. The second-order valence-corrected chi connectivity index (χ2v) is 12.5. The molecular formula is C33H40N2O2. The standard InChI is InChI=1S/C33H40N2O2/c1-32-20-18-26-24(14-17-28-33(26,2)21-19-29(36)35(28)3)25(32)15-16-27(32)31(37)34-30(22-10-6-4-7-11-22)23-12-8-5-9-13-23/h4-13,17,24-27,30H,14-16,18-21H2,1-3H3,(H,34,37)/t24-,25-,26+,27?,32-,33+/m0/s1. The molecule has 37 heavy (non-hydrogen) atoms. The fraction of sp³-hybridized carbons (Fsp3) is 0.515. The van der Waals surface area contributed by atoms with E-state index in [1.54, 1.807) is 0 Å². The van der Waals surface area contributed by atoms with E-state index < -0.39 is 0 Å². The number of rotatable bonds is 4. The average molecular weight is 497 g/mol. The van der Waals surface area contributed by atoms with Crippen molar-refractivity contribution in [2.45, 2.75) is 64.8 Å². The molecule has 4 aliphatic rings. The molecule has 0 spiro atoms. The normalized spacial score (nSPS) is 34.9. The second-order valence-electron chi connectivity index (χ2n) is 12.5. The molecule has 4 nitrogen and oxygen atoms in total. The summed E-state index contributed by atoms with van der Waals surface area (Å²) in [6.07, 6.45) is 9.38. The number of piperidine rings is 1. The van der Waals surface area contributed by atoms with E-state index in [0.29, 0.717) is 24.2 Å². The van der Waals surface area contributed by atoms with Gasteiger partial charge in [0.25, 0.3) is 0 Å². The van der Waals surface area contributed by atoms with E-state index in [-0.39, 0.29) is 34.6 Å². The van der Waals surface area contributed by atoms with Crippen LogP contribution in [-0.2, 0) is 9.59 Å². The zero-order valence-corrected chi connectivity index (χ0v) is 22.5. The topological polar surface area (TPSA) is 49.4 Å². The third-order valence-electron chi connectivity index (χ3n) is 10.9. The van der Waals surface area contributed by atoms with Crippen molar-refractivity contribution in [1.82, 2.24) is 10.2 Å². The molecule has 1 unspecified atom stereocenters. The minimum atomic E-state index is -0.136. The van der Waals surface area contributed by atoms with E-state index >= 15 is 0 Å². The van der Waals surface area contributed by atoms with Gasteiger partial charge >= 0.3 is 0 Å². The van der Waals surface area contributed by atoms with Gasteiger partial charge in [-0.25, -0.2) is 0 Å². The molecule has 2 saturated carbocycles. The molecule has 2 aromatic carbocycles. The summed E-state index contributed by atoms with van der Waals surface area (Å²) in [7, 11) is 1.96. The van der Waals surface area contributed by atoms with Crippen LogP contribution in [0.4, 0.5) is 0 Å². The van der Waals surface area contributed by atoms with Crippen LogP contribution in [0.2, 0.25) is 0 Å². The van der Waals surface area contributed by atoms with Crippen molar-refractivity contribution in [1.29, 1.82) is 0 Å². The molecule has 1 aliphatic heterocycles. The predicted octanol–water partition coefficient (Wildman–Crippen LogP) is 6.50. The van der Waals surface area contributed by atoms with Crippen LogP contribution in [-0.4, -0.2) is 23.8 Å². The molecule has 0 aromatic heterocycles. The SMILES string of the molecule is CN1C(=O)CC[C@@]2(C)C1=CC[C@@H]1[C@H]2CC[C@]2(C)C(C(=O)NC(c3ccccc3)c3ccccc3)CC[C@@H]12. The van der Waals surface area contributed by atoms with Crippen LogP contribution in [0.3, 0.4) is 0 Å². The lowest BCUT2D eigenvalue weighted by atomic mass is 9.49. The molecular weight excluding hydrogens is 456 g/mol. The van der Waals surface area contributed by atoms with Crippen LogP contribution in [0.1, 0.15) is 76.0 Å². The van der Waals surface area contributed by atoms with Crippen LogP contribution < -0.4 is 5.32 Å². The van der Waals surface area contributed by atoms with E-state index in [9.17, 15) is 9.59 Å². The predicted molar refractivity (Wildman–Crippen MR) is 146 cm³/mol. The Labute approximate surface area is 221 Å². The van der Waals surface area contributed by atoms with Gasteiger partial charge in [-0.3, -0.25) is 9.59 Å². The Bertz CT molecular complexity index is 1170. The first-order chi connectivity index (χ1) is 17.8. The summed E-state index contributed by atoms with van der Waals surface area (Å²) >= 11 is 0. The van der Waals surface area contributed by atoms with E-state index in [1.807, 2.05) is 48.3 Å². The molecule has 3 aliphatic carbocycles. The maximum absolute atomic E-state index is 14.0. The number of nitrogens with zero attached hydrogens (tertiary/aromatic N) is 1. The Morgan fingerprint density at radius 3 is 2.22 bits per heavy atom. The highest BCUT2D eigenvalue weighted by Gasteiger charge is 2.60. The number of fused-ring (bicyclic) bond motifs is 5. The molecule has 4 heteroatoms. The minimum absolute atomic E-state index is 0.0290. The summed E-state index contributed by atoms with van der Waals surface area (Å²) < 4.78 is 0. The van der Waals surface area contributed by atoms with Gasteiger partial charge < -0.3 is 10.2 Å². The smallest absolute Gasteiger partial charge is 0.226 e. The third kappa shape index (κ3) is 3.86. The highest BCUT2D eigenvalue weighted by molar-refractivity contribution is 5.81. The van der Waals surface area contributed by atoms with Crippen molar-refractivity contribution < 1.29 is 9.59 Å². The van der Waals surface area contributed by atoms with Gasteiger partial charge in [-0.15, -0.1) is 0 Å². The number of amides is 2. The quantitative estimate of drug-likeness (QED) is 0.525. The van der Waals surface area contributed by atoms with Gasteiger partial charge in [0, 0.05) is 30.5 Å². The van der Waals surface area contributed by atoms with Gasteiger partial charge in [-0.1, -0.05) is 80.6 Å². The van der Waals surface area contributed by atoms with Crippen molar-refractivity contribution in [3.05, 3.63) is 83.6 Å². The largest absolute Gasteiger partial charge is 0.345 e. The number of carbonyl (C=O) groups excluding carboxylic acids is 2. The number of hydrogen-bond acceptors (Lipinski definition) is 2. The number of carbonyl (C=O) groups is 2. The molecule has 194 valence electrons. The van der Waals surface area contributed by atoms with E-state index in [4.69, 9.17) is 0 Å². The van der Waals surface area contributed by atoms with Gasteiger partial charge in [-0.2, -0.15) is 0 Å². The highest BCUT2D eigenvalue weighted by atomic mass is 16.2. The summed E-state index contributed by atoms with van der Waals surface area (Å²) in [5, 5.41) is 3.49. The van der Waals surface area contributed by atoms with Gasteiger partial charge in [-0.05, 0) is 72.8 Å². The Morgan fingerprint density at radius 1 is 0.919 bits per heavy atom. The molecule has 2 aromatic rings. The number of benzene rings is 2. The van der Waals surface area contributed by atoms with Crippen molar-refractivity contribution in [2.24, 2.45) is 34.5 Å². The lowest BCUT2D eigenvalue weighted by Crippen LogP contribution is -2.54. The van der Waals surface area contributed by atoms with Crippen LogP contribution in [0, 0.1) is 34.5 Å². The van der Waals surface area contributed by atoms with E-state index in [2.05, 4.69) is 49.5 Å². The Kier molecular flexibility index (Phi) is 6.05. The van der Waals surface area contributed by atoms with E-state index in [0.717, 1.165) is 49.7 Å². The monoisotopic (exact) mass is 496 g/mol. The zero-order valence-electron chi connectivity index (χ0n) is 22.5. The first kappa shape index (κ1) is 24.5. The Hall–Kier alpha value is -2.88. The van der Waals surface area contributed by atoms with Crippen LogP contribution in [0.25, 0.3) is 0 Å². The molecule has 0 radical (unpaired) electrons. The lowest BCUT2D eigenvalue weighted by molar-refractivity contribution is -0.138. The molecule has 3 fully saturated rings. The van der Waals surface area contributed by atoms with E-state index in [1.165, 1.54) is 5.70 Å². The Morgan fingerprint density at radius 2 is 1.57 bits per heavy atom. The molecule has 6 atom stereocenters. The summed E-state index contributed by atoms with van der Waals surface area (Å²) in [4.78, 5) is 28.4. The van der Waals surface area contributed by atoms with Crippen LogP contribution in [0.15, 0.2) is 72.4 Å². The number of likely N-dealkylation sites (tertiary alicyclic amines) is 1. The van der Waals surface area contributed by atoms with Crippen LogP contribution in [0.5, 0.6) is 0 Å². The fourth-order valence-electron chi connectivity index (χ4n) is 8.90. The van der Waals surface area contributed by atoms with Crippen molar-refractivity contribution >= 4 is 11.8 Å². The van der Waals surface area contributed by atoms with Crippen molar-refractivity contribution in [3.8, 4) is 0 Å². The molecule has 1 heterocycles. The molecule has 0 bridgehead atoms. The molecule has 1 saturated heterocycles. The number of nitrogens with one attached hydrogen (secondary N) is 1. The average Bonchev–Trinajstić information content (AvgIpc) is 3.28. The summed E-state index contributed by atoms with van der Waals surface area (Å²) in [5.41, 5.74) is 3.62. The second kappa shape index (κ2) is 9.15. The maximum Gasteiger partial charge on any atom is 0.226 e. The first-order valence-corrected chi connectivity index (χ1v) is 14.2. The molecule has 6 rings (SSSR count). The van der Waals surface area contributed by atoms with Crippen LogP contribution >= 0.6 is 0 Å². The van der Waals surface area contributed by atoms with Gasteiger partial charge in [0.2, 0.25) is 11.8 Å². The molecule has 2 amide bonds.